The van der Waals surface area contributed by atoms with E-state index in [1.165, 1.54) is 12.1 Å². The molecule has 2 N–H and O–H groups in total. The fourth-order valence-electron chi connectivity index (χ4n) is 1.21. The van der Waals surface area contributed by atoms with Crippen molar-refractivity contribution in [2.75, 3.05) is 5.75 Å². The summed E-state index contributed by atoms with van der Waals surface area (Å²) in [6, 6.07) is 3.95. The monoisotopic (exact) mass is 250 g/mol. The summed E-state index contributed by atoms with van der Waals surface area (Å²) >= 11 is 9.43. The van der Waals surface area contributed by atoms with Crippen molar-refractivity contribution in [1.82, 2.24) is 0 Å². The summed E-state index contributed by atoms with van der Waals surface area (Å²) in [6.07, 6.45) is -1.71. The SMILES string of the molecule is OC(CCS)C(O)c1ccc(Cl)c(F)c1. The van der Waals surface area contributed by atoms with E-state index < -0.39 is 18.0 Å². The molecular weight excluding hydrogens is 239 g/mol. The zero-order chi connectivity index (χ0) is 11.4. The van der Waals surface area contributed by atoms with Gasteiger partial charge in [0.2, 0.25) is 0 Å². The molecule has 1 aromatic carbocycles. The highest BCUT2D eigenvalue weighted by atomic mass is 35.5. The van der Waals surface area contributed by atoms with E-state index in [0.29, 0.717) is 17.7 Å². The lowest BCUT2D eigenvalue weighted by atomic mass is 10.0. The van der Waals surface area contributed by atoms with Crippen molar-refractivity contribution in [2.45, 2.75) is 18.6 Å². The Morgan fingerprint density at radius 1 is 1.40 bits per heavy atom. The van der Waals surface area contributed by atoms with Gasteiger partial charge in [-0.25, -0.2) is 4.39 Å². The zero-order valence-electron chi connectivity index (χ0n) is 7.90. The maximum Gasteiger partial charge on any atom is 0.142 e. The van der Waals surface area contributed by atoms with Crippen LogP contribution in [0.15, 0.2) is 18.2 Å². The third-order valence-electron chi connectivity index (χ3n) is 2.07. The van der Waals surface area contributed by atoms with Gasteiger partial charge in [-0.2, -0.15) is 12.6 Å². The molecule has 5 heteroatoms. The van der Waals surface area contributed by atoms with Crippen LogP contribution in [-0.2, 0) is 0 Å². The number of thiol groups is 1. The molecule has 0 saturated heterocycles. The summed E-state index contributed by atoms with van der Waals surface area (Å²) in [5.41, 5.74) is 0.311. The van der Waals surface area contributed by atoms with Crippen LogP contribution in [0, 0.1) is 5.82 Å². The largest absolute Gasteiger partial charge is 0.390 e. The van der Waals surface area contributed by atoms with E-state index >= 15 is 0 Å². The van der Waals surface area contributed by atoms with E-state index in [9.17, 15) is 14.6 Å². The number of aliphatic hydroxyl groups is 2. The zero-order valence-corrected chi connectivity index (χ0v) is 9.55. The van der Waals surface area contributed by atoms with E-state index in [2.05, 4.69) is 12.6 Å². The van der Waals surface area contributed by atoms with E-state index in [1.54, 1.807) is 0 Å². The van der Waals surface area contributed by atoms with Gasteiger partial charge in [0.25, 0.3) is 0 Å². The first-order valence-electron chi connectivity index (χ1n) is 4.48. The van der Waals surface area contributed by atoms with Gasteiger partial charge < -0.3 is 10.2 Å². The lowest BCUT2D eigenvalue weighted by molar-refractivity contribution is 0.0171. The van der Waals surface area contributed by atoms with E-state index in [0.717, 1.165) is 6.07 Å². The molecule has 1 aromatic rings. The van der Waals surface area contributed by atoms with Gasteiger partial charge in [-0.15, -0.1) is 0 Å². The van der Waals surface area contributed by atoms with Crippen LogP contribution in [-0.4, -0.2) is 22.1 Å². The predicted octanol–water partition coefficient (Wildman–Crippen LogP) is 2.19. The Morgan fingerprint density at radius 2 is 2.07 bits per heavy atom. The number of rotatable bonds is 4. The minimum atomic E-state index is -1.11. The molecule has 0 amide bonds. The van der Waals surface area contributed by atoms with Crippen LogP contribution in [0.25, 0.3) is 0 Å². The first-order chi connectivity index (χ1) is 7.06. The summed E-state index contributed by atoms with van der Waals surface area (Å²) < 4.78 is 13.0. The Labute approximate surface area is 98.1 Å². The van der Waals surface area contributed by atoms with Gasteiger partial charge in [-0.05, 0) is 29.9 Å². The highest BCUT2D eigenvalue weighted by Gasteiger charge is 2.18. The minimum absolute atomic E-state index is 0.00497. The van der Waals surface area contributed by atoms with Crippen molar-refractivity contribution in [1.29, 1.82) is 0 Å². The molecule has 0 spiro atoms. The molecule has 0 fully saturated rings. The van der Waals surface area contributed by atoms with Gasteiger partial charge in [0.15, 0.2) is 0 Å². The van der Waals surface area contributed by atoms with Gasteiger partial charge >= 0.3 is 0 Å². The fourth-order valence-corrected chi connectivity index (χ4v) is 1.59. The third-order valence-corrected chi connectivity index (χ3v) is 2.64. The Morgan fingerprint density at radius 3 is 2.60 bits per heavy atom. The number of aliphatic hydroxyl groups excluding tert-OH is 2. The number of halogens is 2. The summed E-state index contributed by atoms with van der Waals surface area (Å²) in [4.78, 5) is 0. The van der Waals surface area contributed by atoms with Gasteiger partial charge in [0.1, 0.15) is 11.9 Å². The topological polar surface area (TPSA) is 40.5 Å². The molecule has 0 aromatic heterocycles. The molecule has 1 rings (SSSR count). The van der Waals surface area contributed by atoms with Gasteiger partial charge in [-0.3, -0.25) is 0 Å². The van der Waals surface area contributed by atoms with Crippen molar-refractivity contribution < 1.29 is 14.6 Å². The molecule has 0 saturated carbocycles. The predicted molar refractivity (Wildman–Crippen MR) is 60.8 cm³/mol. The molecular formula is C10H12ClFO2S. The third kappa shape index (κ3) is 3.34. The maximum absolute atomic E-state index is 13.0. The highest BCUT2D eigenvalue weighted by molar-refractivity contribution is 7.80. The summed E-state index contributed by atoms with van der Waals surface area (Å²) in [5, 5.41) is 19.1. The molecule has 0 aliphatic carbocycles. The second-order valence-corrected chi connectivity index (χ2v) is 4.05. The second-order valence-electron chi connectivity index (χ2n) is 3.20. The van der Waals surface area contributed by atoms with Gasteiger partial charge in [-0.1, -0.05) is 17.7 Å². The molecule has 0 radical (unpaired) electrons. The highest BCUT2D eigenvalue weighted by Crippen LogP contribution is 2.23. The van der Waals surface area contributed by atoms with Crippen molar-refractivity contribution >= 4 is 24.2 Å². The number of hydrogen-bond donors (Lipinski definition) is 3. The van der Waals surface area contributed by atoms with Crippen LogP contribution in [0.1, 0.15) is 18.1 Å². The lowest BCUT2D eigenvalue weighted by Crippen LogP contribution is -2.18. The standard InChI is InChI=1S/C10H12ClFO2S/c11-7-2-1-6(5-8(7)12)10(14)9(13)3-4-15/h1-2,5,9-10,13-15H,3-4H2. The Bertz CT molecular complexity index is 335. The summed E-state index contributed by atoms with van der Waals surface area (Å²) in [7, 11) is 0. The van der Waals surface area contributed by atoms with Crippen LogP contribution in [0.3, 0.4) is 0 Å². The molecule has 2 nitrogen and oxygen atoms in total. The smallest absolute Gasteiger partial charge is 0.142 e. The van der Waals surface area contributed by atoms with Crippen LogP contribution >= 0.6 is 24.2 Å². The normalized spacial score (nSPS) is 15.0. The Hall–Kier alpha value is -0.290. The van der Waals surface area contributed by atoms with Crippen molar-refractivity contribution in [3.05, 3.63) is 34.6 Å². The maximum atomic E-state index is 13.0. The summed E-state index contributed by atoms with van der Waals surface area (Å²) in [5.74, 6) is -0.153. The molecule has 0 heterocycles. The fraction of sp³-hybridized carbons (Fsp3) is 0.400. The molecule has 15 heavy (non-hydrogen) atoms. The van der Waals surface area contributed by atoms with Crippen LogP contribution < -0.4 is 0 Å². The van der Waals surface area contributed by atoms with Crippen molar-refractivity contribution in [3.8, 4) is 0 Å². The number of hydrogen-bond acceptors (Lipinski definition) is 3. The molecule has 0 aliphatic heterocycles. The molecule has 84 valence electrons. The van der Waals surface area contributed by atoms with E-state index in [1.807, 2.05) is 0 Å². The Kier molecular flexibility index (Phi) is 4.86. The van der Waals surface area contributed by atoms with Crippen LogP contribution in [0.4, 0.5) is 4.39 Å². The minimum Gasteiger partial charge on any atom is -0.390 e. The quantitative estimate of drug-likeness (QED) is 0.717. The molecule has 0 bridgehead atoms. The van der Waals surface area contributed by atoms with Crippen LogP contribution in [0.2, 0.25) is 5.02 Å². The average molecular weight is 251 g/mol. The first kappa shape index (κ1) is 12.8. The molecule has 2 atom stereocenters. The second kappa shape index (κ2) is 5.70. The average Bonchev–Trinajstić information content (AvgIpc) is 2.21. The van der Waals surface area contributed by atoms with Gasteiger partial charge in [0, 0.05) is 0 Å². The lowest BCUT2D eigenvalue weighted by Gasteiger charge is -2.17. The van der Waals surface area contributed by atoms with Crippen molar-refractivity contribution in [2.24, 2.45) is 0 Å². The van der Waals surface area contributed by atoms with Crippen LogP contribution in [0.5, 0.6) is 0 Å². The van der Waals surface area contributed by atoms with E-state index in [-0.39, 0.29) is 5.02 Å². The number of benzene rings is 1. The van der Waals surface area contributed by atoms with E-state index in [4.69, 9.17) is 11.6 Å². The summed E-state index contributed by atoms with van der Waals surface area (Å²) in [6.45, 7) is 0. The first-order valence-corrected chi connectivity index (χ1v) is 5.49. The Balaban J connectivity index is 2.81. The molecule has 2 unspecified atom stereocenters. The van der Waals surface area contributed by atoms with Crippen molar-refractivity contribution in [3.63, 3.8) is 0 Å². The van der Waals surface area contributed by atoms with Gasteiger partial charge in [0.05, 0.1) is 11.1 Å². The molecule has 0 aliphatic rings.